The lowest BCUT2D eigenvalue weighted by molar-refractivity contribution is -0.129. The zero-order valence-corrected chi connectivity index (χ0v) is 15.2. The minimum absolute atomic E-state index is 0.0834. The Balaban J connectivity index is 1.83. The Morgan fingerprint density at radius 1 is 1.00 bits per heavy atom. The van der Waals surface area contributed by atoms with E-state index in [9.17, 15) is 14.7 Å². The summed E-state index contributed by atoms with van der Waals surface area (Å²) in [4.78, 5) is 27.8. The van der Waals surface area contributed by atoms with Gasteiger partial charge >= 0.3 is 0 Å². The van der Waals surface area contributed by atoms with Crippen LogP contribution in [-0.4, -0.2) is 59.0 Å². The number of aliphatic hydroxyl groups excluding tert-OH is 1. The third-order valence-electron chi connectivity index (χ3n) is 4.80. The van der Waals surface area contributed by atoms with E-state index in [1.165, 1.54) is 6.92 Å². The maximum absolute atomic E-state index is 13.0. The molecule has 2 aromatic carbocycles. The zero-order chi connectivity index (χ0) is 18.7. The number of nitrogens with zero attached hydrogens (tertiary/aromatic N) is 2. The molecule has 26 heavy (non-hydrogen) atoms. The molecule has 0 radical (unpaired) electrons. The zero-order valence-electron chi connectivity index (χ0n) is 15.2. The first-order valence-corrected chi connectivity index (χ1v) is 8.84. The van der Waals surface area contributed by atoms with E-state index in [0.717, 1.165) is 16.7 Å². The highest BCUT2D eigenvalue weighted by atomic mass is 16.3. The molecular weight excluding hydrogens is 328 g/mol. The minimum atomic E-state index is -0.732. The van der Waals surface area contributed by atoms with Gasteiger partial charge in [-0.1, -0.05) is 36.4 Å². The average molecular weight is 352 g/mol. The van der Waals surface area contributed by atoms with Gasteiger partial charge in [-0.3, -0.25) is 9.59 Å². The van der Waals surface area contributed by atoms with Gasteiger partial charge in [0.05, 0.1) is 6.10 Å². The molecule has 2 amide bonds. The fraction of sp³-hybridized carbons (Fsp3) is 0.333. The first-order valence-electron chi connectivity index (χ1n) is 8.84. The minimum Gasteiger partial charge on any atom is -0.389 e. The molecule has 0 saturated carbocycles. The summed E-state index contributed by atoms with van der Waals surface area (Å²) in [7, 11) is 0. The predicted molar refractivity (Wildman–Crippen MR) is 101 cm³/mol. The van der Waals surface area contributed by atoms with Crippen molar-refractivity contribution in [3.05, 3.63) is 59.7 Å². The Labute approximate surface area is 153 Å². The standard InChI is InChI=1S/C21H24N2O3/c1-15-6-3-4-9-20(15)17-7-5-8-18(12-17)21(26)23-11-10-22(16(2)24)13-19(25)14-23/h3-9,12,19,25H,10-11,13-14H2,1-2H3. The van der Waals surface area contributed by atoms with Gasteiger partial charge < -0.3 is 14.9 Å². The molecule has 1 N–H and O–H groups in total. The third-order valence-corrected chi connectivity index (χ3v) is 4.80. The molecule has 1 atom stereocenters. The van der Waals surface area contributed by atoms with Crippen molar-refractivity contribution in [3.63, 3.8) is 0 Å². The SMILES string of the molecule is CC(=O)N1CCN(C(=O)c2cccc(-c3ccccc3C)c2)CC(O)C1. The van der Waals surface area contributed by atoms with Crippen molar-refractivity contribution in [2.24, 2.45) is 0 Å². The Kier molecular flexibility index (Phi) is 5.38. The third kappa shape index (κ3) is 3.94. The van der Waals surface area contributed by atoms with E-state index in [-0.39, 0.29) is 24.9 Å². The van der Waals surface area contributed by atoms with Crippen LogP contribution in [0.4, 0.5) is 0 Å². The van der Waals surface area contributed by atoms with Gasteiger partial charge in [-0.15, -0.1) is 0 Å². The second-order valence-corrected chi connectivity index (χ2v) is 6.77. The van der Waals surface area contributed by atoms with Crippen molar-refractivity contribution < 1.29 is 14.7 Å². The summed E-state index contributed by atoms with van der Waals surface area (Å²) in [6, 6.07) is 15.6. The maximum Gasteiger partial charge on any atom is 0.254 e. The van der Waals surface area contributed by atoms with Crippen molar-refractivity contribution in [1.29, 1.82) is 0 Å². The normalized spacial score (nSPS) is 17.7. The smallest absolute Gasteiger partial charge is 0.254 e. The highest BCUT2D eigenvalue weighted by molar-refractivity contribution is 5.95. The molecule has 5 nitrogen and oxygen atoms in total. The number of benzene rings is 2. The van der Waals surface area contributed by atoms with Crippen LogP contribution in [0, 0.1) is 6.92 Å². The highest BCUT2D eigenvalue weighted by Crippen LogP contribution is 2.24. The van der Waals surface area contributed by atoms with E-state index in [2.05, 4.69) is 0 Å². The predicted octanol–water partition coefficient (Wildman–Crippen LogP) is 2.33. The van der Waals surface area contributed by atoms with Crippen LogP contribution in [0.3, 0.4) is 0 Å². The van der Waals surface area contributed by atoms with Gasteiger partial charge in [0.15, 0.2) is 0 Å². The highest BCUT2D eigenvalue weighted by Gasteiger charge is 2.26. The van der Waals surface area contributed by atoms with Crippen LogP contribution in [-0.2, 0) is 4.79 Å². The van der Waals surface area contributed by atoms with Crippen LogP contribution in [0.2, 0.25) is 0 Å². The monoisotopic (exact) mass is 352 g/mol. The molecule has 3 rings (SSSR count). The van der Waals surface area contributed by atoms with E-state index in [1.807, 2.05) is 49.4 Å². The second-order valence-electron chi connectivity index (χ2n) is 6.77. The molecule has 1 heterocycles. The molecule has 5 heteroatoms. The molecule has 136 valence electrons. The molecule has 2 aromatic rings. The van der Waals surface area contributed by atoms with Crippen molar-refractivity contribution in [2.45, 2.75) is 20.0 Å². The molecule has 1 fully saturated rings. The van der Waals surface area contributed by atoms with E-state index >= 15 is 0 Å². The molecule has 1 unspecified atom stereocenters. The molecule has 1 aliphatic rings. The van der Waals surface area contributed by atoms with Crippen LogP contribution in [0.25, 0.3) is 11.1 Å². The van der Waals surface area contributed by atoms with Crippen LogP contribution in [0.15, 0.2) is 48.5 Å². The van der Waals surface area contributed by atoms with Gasteiger partial charge in [-0.25, -0.2) is 0 Å². The van der Waals surface area contributed by atoms with Gasteiger partial charge in [0.25, 0.3) is 5.91 Å². The second kappa shape index (κ2) is 7.70. The lowest BCUT2D eigenvalue weighted by atomic mass is 9.98. The fourth-order valence-corrected chi connectivity index (χ4v) is 3.36. The maximum atomic E-state index is 13.0. The summed E-state index contributed by atoms with van der Waals surface area (Å²) in [5, 5.41) is 10.2. The van der Waals surface area contributed by atoms with Crippen LogP contribution >= 0.6 is 0 Å². The van der Waals surface area contributed by atoms with Crippen molar-refractivity contribution in [2.75, 3.05) is 26.2 Å². The number of hydrogen-bond donors (Lipinski definition) is 1. The lowest BCUT2D eigenvalue weighted by Crippen LogP contribution is -2.37. The lowest BCUT2D eigenvalue weighted by Gasteiger charge is -2.22. The number of carbonyl (C=O) groups excluding carboxylic acids is 2. The van der Waals surface area contributed by atoms with Gasteiger partial charge in [0, 0.05) is 38.7 Å². The quantitative estimate of drug-likeness (QED) is 0.902. The number of hydrogen-bond acceptors (Lipinski definition) is 3. The summed E-state index contributed by atoms with van der Waals surface area (Å²) >= 11 is 0. The average Bonchev–Trinajstić information content (AvgIpc) is 2.83. The van der Waals surface area contributed by atoms with Crippen molar-refractivity contribution in [3.8, 4) is 11.1 Å². The molecule has 0 spiro atoms. The summed E-state index contributed by atoms with van der Waals surface area (Å²) < 4.78 is 0. The van der Waals surface area contributed by atoms with Gasteiger partial charge in [0.1, 0.15) is 0 Å². The number of carbonyl (C=O) groups is 2. The number of rotatable bonds is 2. The first kappa shape index (κ1) is 18.1. The van der Waals surface area contributed by atoms with Gasteiger partial charge in [-0.05, 0) is 35.7 Å². The van der Waals surface area contributed by atoms with E-state index in [1.54, 1.807) is 15.9 Å². The number of amides is 2. The Bertz CT molecular complexity index is 818. The summed E-state index contributed by atoms with van der Waals surface area (Å²) in [6.07, 6.45) is -0.732. The van der Waals surface area contributed by atoms with Crippen LogP contribution in [0.5, 0.6) is 0 Å². The summed E-state index contributed by atoms with van der Waals surface area (Å²) in [5.41, 5.74) is 3.84. The van der Waals surface area contributed by atoms with Crippen LogP contribution in [0.1, 0.15) is 22.8 Å². The van der Waals surface area contributed by atoms with Gasteiger partial charge in [0.2, 0.25) is 5.91 Å². The fourth-order valence-electron chi connectivity index (χ4n) is 3.36. The Hall–Kier alpha value is -2.66. The number of β-amino-alcohol motifs (C(OH)–C–C–N with tert-alkyl or cyclic N) is 1. The molecule has 1 aliphatic heterocycles. The summed E-state index contributed by atoms with van der Waals surface area (Å²) in [5.74, 6) is -0.204. The van der Waals surface area contributed by atoms with Crippen molar-refractivity contribution >= 4 is 11.8 Å². The molecule has 0 bridgehead atoms. The van der Waals surface area contributed by atoms with Gasteiger partial charge in [-0.2, -0.15) is 0 Å². The van der Waals surface area contributed by atoms with Crippen LogP contribution < -0.4 is 0 Å². The van der Waals surface area contributed by atoms with E-state index in [0.29, 0.717) is 18.7 Å². The molecular formula is C21H24N2O3. The summed E-state index contributed by atoms with van der Waals surface area (Å²) in [6.45, 7) is 4.89. The molecule has 0 aliphatic carbocycles. The van der Waals surface area contributed by atoms with Crippen molar-refractivity contribution in [1.82, 2.24) is 9.80 Å². The topological polar surface area (TPSA) is 60.9 Å². The van der Waals surface area contributed by atoms with E-state index in [4.69, 9.17) is 0 Å². The Morgan fingerprint density at radius 2 is 1.69 bits per heavy atom. The largest absolute Gasteiger partial charge is 0.389 e. The Morgan fingerprint density at radius 3 is 2.42 bits per heavy atom. The molecule has 0 aromatic heterocycles. The number of aliphatic hydroxyl groups is 1. The number of aryl methyl sites for hydroxylation is 1. The van der Waals surface area contributed by atoms with E-state index < -0.39 is 6.10 Å². The molecule has 1 saturated heterocycles. The first-order chi connectivity index (χ1) is 12.5.